The van der Waals surface area contributed by atoms with Crippen LogP contribution in [0.15, 0.2) is 68.1 Å². The monoisotopic (exact) mass is 1780 g/mol. The van der Waals surface area contributed by atoms with Crippen molar-refractivity contribution in [2.75, 3.05) is 112 Å². The first-order chi connectivity index (χ1) is 51.2. The van der Waals surface area contributed by atoms with E-state index in [-0.39, 0.29) is 104 Å². The highest BCUT2D eigenvalue weighted by atomic mass is 79.9. The van der Waals surface area contributed by atoms with Crippen molar-refractivity contribution in [3.05, 3.63) is 93.0 Å². The van der Waals surface area contributed by atoms with Gasteiger partial charge in [-0.1, -0.05) is 31.9 Å². The van der Waals surface area contributed by atoms with Crippen LogP contribution in [-0.4, -0.2) is 238 Å². The minimum Gasteiger partial charge on any atom is -0.497 e. The molecule has 0 aromatic heterocycles. The summed E-state index contributed by atoms with van der Waals surface area (Å²) in [5.74, 6) is 0.776. The summed E-state index contributed by atoms with van der Waals surface area (Å²) in [5, 5.41) is 37.9. The molecule has 0 aliphatic heterocycles. The molecule has 0 spiro atoms. The van der Waals surface area contributed by atoms with Gasteiger partial charge < -0.3 is 69.4 Å². The Balaban J connectivity index is 0.000000458. The van der Waals surface area contributed by atoms with E-state index in [2.05, 4.69) is 37.2 Å². The summed E-state index contributed by atoms with van der Waals surface area (Å²) in [4.78, 5) is 33.9. The van der Waals surface area contributed by atoms with E-state index in [4.69, 9.17) is 74.7 Å². The molecule has 5 fully saturated rings. The Morgan fingerprint density at radius 2 is 0.755 bits per heavy atom. The number of nitrogens with one attached hydrogen (secondary N) is 1. The molecule has 5 saturated carbocycles. The Hall–Kier alpha value is -4.86. The average molecular weight is 1780 g/mol. The molecule has 28 nitrogen and oxygen atoms in total. The fourth-order valence-corrected chi connectivity index (χ4v) is 18.8. The number of rotatable bonds is 31. The molecule has 0 heterocycles. The second kappa shape index (κ2) is 47.9. The van der Waals surface area contributed by atoms with E-state index in [1.165, 1.54) is 45.7 Å². The van der Waals surface area contributed by atoms with Gasteiger partial charge in [0.25, 0.3) is 9.05 Å². The number of aliphatic hydroxyl groups excluding tert-OH is 3. The van der Waals surface area contributed by atoms with E-state index in [1.807, 2.05) is 20.8 Å². The number of halogens is 3. The van der Waals surface area contributed by atoms with Crippen LogP contribution < -0.4 is 30.0 Å². The quantitative estimate of drug-likeness (QED) is 0.0118. The Morgan fingerprint density at radius 1 is 0.473 bits per heavy atom. The minimum absolute atomic E-state index is 0.0176. The number of aryl methyl sites for hydroxylation is 8. The van der Waals surface area contributed by atoms with E-state index in [1.54, 1.807) is 146 Å². The predicted octanol–water partition coefficient (Wildman–Crippen LogP) is 10.0. The number of esters is 2. The lowest BCUT2D eigenvalue weighted by molar-refractivity contribution is -0.160. The molecule has 0 saturated heterocycles. The summed E-state index contributed by atoms with van der Waals surface area (Å²) in [5.41, 5.74) is 9.38. The van der Waals surface area contributed by atoms with Gasteiger partial charge >= 0.3 is 17.9 Å². The number of carbonyl (C=O) groups is 3. The van der Waals surface area contributed by atoms with E-state index in [0.29, 0.717) is 88.7 Å². The fourth-order valence-electron chi connectivity index (χ4n) is 10.8. The molecule has 7 N–H and O–H groups in total. The van der Waals surface area contributed by atoms with Crippen molar-refractivity contribution >= 4 is 99.6 Å². The van der Waals surface area contributed by atoms with Gasteiger partial charge in [-0.3, -0.25) is 4.79 Å². The zero-order chi connectivity index (χ0) is 83.9. The number of hydrogen-bond donors (Lipinski definition) is 6. The van der Waals surface area contributed by atoms with Gasteiger partial charge in [-0.25, -0.2) is 43.3 Å². The molecular formula is C75H120Br2ClN5O23S4. The van der Waals surface area contributed by atoms with Crippen molar-refractivity contribution < 1.29 is 106 Å². The average Bonchev–Trinajstić information content (AvgIpc) is 1.75. The Morgan fingerprint density at radius 3 is 0.964 bits per heavy atom. The van der Waals surface area contributed by atoms with Crippen LogP contribution in [0.5, 0.6) is 23.0 Å². The maximum atomic E-state index is 13.3. The van der Waals surface area contributed by atoms with Crippen LogP contribution in [-0.2, 0) is 72.5 Å². The summed E-state index contributed by atoms with van der Waals surface area (Å²) < 4.78 is 146. The number of aliphatic carboxylic acids is 1. The molecule has 35 heteroatoms. The molecule has 0 amide bonds. The number of nitrogens with zero attached hydrogens (tertiary/aromatic N) is 3. The van der Waals surface area contributed by atoms with Gasteiger partial charge in [0.15, 0.2) is 0 Å². The number of ether oxygens (including phenoxy) is 8. The minimum atomic E-state index is -3.67. The summed E-state index contributed by atoms with van der Waals surface area (Å²) in [6, 6.07) is 14.9. The van der Waals surface area contributed by atoms with E-state index >= 15 is 0 Å². The van der Waals surface area contributed by atoms with Crippen LogP contribution in [0.25, 0.3) is 0 Å². The first-order valence-electron chi connectivity index (χ1n) is 36.1. The number of benzene rings is 4. The van der Waals surface area contributed by atoms with Crippen LogP contribution in [0.4, 0.5) is 0 Å². The third-order valence-corrected chi connectivity index (χ3v) is 25.1. The number of nitrogens with two attached hydrogens (primary N) is 1. The Kier molecular flexibility index (Phi) is 44.0. The van der Waals surface area contributed by atoms with Crippen LogP contribution >= 0.6 is 42.5 Å². The number of alkyl halides is 2. The lowest BCUT2D eigenvalue weighted by atomic mass is 10.1. The smallest absolute Gasteiger partial charge is 0.332 e. The molecule has 5 aliphatic carbocycles. The number of aliphatic hydroxyl groups is 3. The molecule has 0 unspecified atom stereocenters. The molecule has 110 heavy (non-hydrogen) atoms. The van der Waals surface area contributed by atoms with Crippen molar-refractivity contribution in [3.8, 4) is 23.0 Å². The fraction of sp³-hybridized carbons (Fsp3) is 0.640. The second-order valence-corrected chi connectivity index (χ2v) is 37.9. The van der Waals surface area contributed by atoms with Crippen molar-refractivity contribution in [1.29, 1.82) is 0 Å². The van der Waals surface area contributed by atoms with Gasteiger partial charge in [-0.15, -0.1) is 0 Å². The summed E-state index contributed by atoms with van der Waals surface area (Å²) in [7, 11) is -3.10. The Bertz CT molecular complexity index is 3940. The largest absolute Gasteiger partial charge is 0.497 e. The molecule has 0 radical (unpaired) electrons. The van der Waals surface area contributed by atoms with Crippen molar-refractivity contribution in [2.24, 2.45) is 5.73 Å². The molecule has 9 rings (SSSR count). The summed E-state index contributed by atoms with van der Waals surface area (Å²) in [6.45, 7) is 26.0. The molecule has 0 atom stereocenters. The standard InChI is InChI=1S/C20H31NO6S.C16H23NO6S.C14H21NO4S.C9H11ClO3S.C6H11BrO2.C5H11NO.C3H7N.C2H5BrO/c1-14-11-17(25-6)12-15(2)19(14)28(23,24)21(16-7-8-16)9-10-26-13-18(22)27-20(3,4)5;1-11-8-14(22-3)9-12(2)16(11)24(20,21)17(13-4-5-13)6-7-23-10-15(18)19;1-10-8-13(19-3)9-11(2)14(10)20(17,18)15(6-7-16)12-4-5-12;1-6-4-8(13-3)5-7(2)9(6)14(10,11)12;1-6(2,3)9-5(8)4-7;7-4-3-6-5-1-2-5;4-3-1-2-3;3-1-2-4/h11-12,16H,7-10,13H2,1-6H3;8-9,13H,4-7,10H2,1-3H3,(H,18,19);8-9,12,16H,4-7H2,1-3H3;4-5H,1-3H3;4H2,1-3H3;5-7H,1-4H2;3H,1-2,4H2;4H,1-2H2. The maximum absolute atomic E-state index is 13.3. The summed E-state index contributed by atoms with van der Waals surface area (Å²) >= 11 is 5.99. The van der Waals surface area contributed by atoms with Crippen LogP contribution in [0.3, 0.4) is 0 Å². The number of hydrogen-bond acceptors (Lipinski definition) is 24. The molecule has 628 valence electrons. The third-order valence-electron chi connectivity index (χ3n) is 15.9. The van der Waals surface area contributed by atoms with Gasteiger partial charge in [0, 0.05) is 72.4 Å². The lowest BCUT2D eigenvalue weighted by Crippen LogP contribution is -2.37. The normalized spacial score (nSPS) is 14.8. The number of carboxylic acid groups (broad SMARTS) is 1. The van der Waals surface area contributed by atoms with Crippen molar-refractivity contribution in [3.63, 3.8) is 0 Å². The predicted molar refractivity (Wildman–Crippen MR) is 432 cm³/mol. The number of sulfonamides is 3. The molecular weight excluding hydrogens is 1660 g/mol. The van der Waals surface area contributed by atoms with Crippen LogP contribution in [0.1, 0.15) is 150 Å². The highest BCUT2D eigenvalue weighted by Crippen LogP contribution is 2.39. The summed E-state index contributed by atoms with van der Waals surface area (Å²) in [6.07, 6.45) is 10.2. The number of carbonyl (C=O) groups excluding carboxylic acids is 2. The second-order valence-electron chi connectivity index (χ2n) is 28.6. The highest BCUT2D eigenvalue weighted by molar-refractivity contribution is 9.09. The number of carboxylic acids is 1. The van der Waals surface area contributed by atoms with Gasteiger partial charge in [0.2, 0.25) is 30.1 Å². The molecule has 5 aliphatic rings. The zero-order valence-corrected chi connectivity index (χ0v) is 74.2. The SMILES string of the molecule is CC(C)(C)OC(=O)CBr.COc1cc(C)c(S(=O)(=O)Cl)c(C)c1.COc1cc(C)c(S(=O)(=O)N(CCO)C2CC2)c(C)c1.COc1cc(C)c(S(=O)(=O)N(CCOCC(=O)O)C2CC2)c(C)c1.COc1cc(C)c(S(=O)(=O)N(CCOCC(=O)OC(C)(C)C)C2CC2)c(C)c1.NC1CC1.OCCBr.OCCNC1CC1. The molecule has 4 aromatic carbocycles. The molecule has 0 bridgehead atoms. The van der Waals surface area contributed by atoms with Gasteiger partial charge in [-0.05, 0) is 254 Å². The van der Waals surface area contributed by atoms with E-state index < -0.39 is 63.3 Å². The van der Waals surface area contributed by atoms with Gasteiger partial charge in [0.1, 0.15) is 52.7 Å². The third kappa shape index (κ3) is 37.2. The van der Waals surface area contributed by atoms with E-state index in [9.17, 15) is 48.1 Å². The van der Waals surface area contributed by atoms with Crippen LogP contribution in [0.2, 0.25) is 0 Å². The zero-order valence-electron chi connectivity index (χ0n) is 67.0. The Labute approximate surface area is 674 Å². The van der Waals surface area contributed by atoms with Crippen molar-refractivity contribution in [1.82, 2.24) is 18.2 Å². The number of methoxy groups -OCH3 is 4. The first kappa shape index (κ1) is 101. The first-order valence-corrected chi connectivity index (χ1v) is 44.9. The van der Waals surface area contributed by atoms with Crippen molar-refractivity contribution in [2.45, 2.75) is 222 Å². The van der Waals surface area contributed by atoms with E-state index in [0.717, 1.165) is 51.1 Å². The van der Waals surface area contributed by atoms with Gasteiger partial charge in [0.05, 0.1) is 81.1 Å². The van der Waals surface area contributed by atoms with Crippen LogP contribution in [0, 0.1) is 55.4 Å². The molecule has 4 aromatic rings. The lowest BCUT2D eigenvalue weighted by Gasteiger charge is -2.24. The maximum Gasteiger partial charge on any atom is 0.332 e. The van der Waals surface area contributed by atoms with Gasteiger partial charge in [-0.2, -0.15) is 12.9 Å². The highest BCUT2D eigenvalue weighted by Gasteiger charge is 2.42. The topological polar surface area (TPSA) is 390 Å².